The van der Waals surface area contributed by atoms with Crippen LogP contribution >= 0.6 is 0 Å². The standard InChI is InChI=1S/C17H21N3O4/c1-11(2)20(9-15(22)24-4)14(21)8-19-10-18-16-12(3)6-5-7-13(16)17(19)23/h5-7,10-11H,8-9H2,1-4H3. The summed E-state index contributed by atoms with van der Waals surface area (Å²) in [4.78, 5) is 42.2. The number of fused-ring (bicyclic) bond motifs is 1. The van der Waals surface area contributed by atoms with Crippen LogP contribution in [0.3, 0.4) is 0 Å². The number of methoxy groups -OCH3 is 1. The maximum atomic E-state index is 12.5. The molecule has 0 saturated heterocycles. The number of ether oxygens (including phenoxy) is 1. The van der Waals surface area contributed by atoms with Crippen LogP contribution in [0.25, 0.3) is 10.9 Å². The molecule has 0 aliphatic heterocycles. The molecule has 0 N–H and O–H groups in total. The van der Waals surface area contributed by atoms with Gasteiger partial charge in [-0.1, -0.05) is 12.1 Å². The summed E-state index contributed by atoms with van der Waals surface area (Å²) in [5.41, 5.74) is 1.25. The Bertz CT molecular complexity index is 826. The van der Waals surface area contributed by atoms with Gasteiger partial charge in [0, 0.05) is 6.04 Å². The van der Waals surface area contributed by atoms with Crippen molar-refractivity contribution in [2.24, 2.45) is 0 Å². The van der Waals surface area contributed by atoms with E-state index in [4.69, 9.17) is 0 Å². The fourth-order valence-corrected chi connectivity index (χ4v) is 2.45. The Morgan fingerprint density at radius 2 is 2.04 bits per heavy atom. The molecule has 0 atom stereocenters. The van der Waals surface area contributed by atoms with Gasteiger partial charge >= 0.3 is 5.97 Å². The zero-order valence-electron chi connectivity index (χ0n) is 14.3. The van der Waals surface area contributed by atoms with Crippen molar-refractivity contribution in [2.75, 3.05) is 13.7 Å². The van der Waals surface area contributed by atoms with Gasteiger partial charge in [0.15, 0.2) is 0 Å². The first-order valence-electron chi connectivity index (χ1n) is 7.66. The minimum atomic E-state index is -0.503. The van der Waals surface area contributed by atoms with Crippen LogP contribution < -0.4 is 5.56 Å². The third-order valence-corrected chi connectivity index (χ3v) is 3.83. The smallest absolute Gasteiger partial charge is 0.325 e. The van der Waals surface area contributed by atoms with Gasteiger partial charge in [-0.05, 0) is 32.4 Å². The monoisotopic (exact) mass is 331 g/mol. The number of amides is 1. The number of aryl methyl sites for hydroxylation is 1. The van der Waals surface area contributed by atoms with Crippen molar-refractivity contribution < 1.29 is 14.3 Å². The van der Waals surface area contributed by atoms with Gasteiger partial charge in [-0.25, -0.2) is 4.98 Å². The molecule has 7 nitrogen and oxygen atoms in total. The predicted octanol–water partition coefficient (Wildman–Crippen LogP) is 1.11. The minimum absolute atomic E-state index is 0.151. The van der Waals surface area contributed by atoms with Crippen LogP contribution in [0.2, 0.25) is 0 Å². The molecule has 0 unspecified atom stereocenters. The molecule has 0 aliphatic carbocycles. The molecule has 2 rings (SSSR count). The first kappa shape index (κ1) is 17.7. The average molecular weight is 331 g/mol. The van der Waals surface area contributed by atoms with Crippen LogP contribution in [0.15, 0.2) is 29.3 Å². The summed E-state index contributed by atoms with van der Waals surface area (Å²) in [5, 5.41) is 0.467. The second kappa shape index (κ2) is 7.25. The minimum Gasteiger partial charge on any atom is -0.468 e. The van der Waals surface area contributed by atoms with E-state index in [2.05, 4.69) is 9.72 Å². The molecule has 7 heteroatoms. The largest absolute Gasteiger partial charge is 0.468 e. The molecule has 0 spiro atoms. The van der Waals surface area contributed by atoms with Crippen LogP contribution in [-0.2, 0) is 20.9 Å². The zero-order valence-corrected chi connectivity index (χ0v) is 14.3. The number of esters is 1. The van der Waals surface area contributed by atoms with E-state index in [-0.39, 0.29) is 30.6 Å². The third-order valence-electron chi connectivity index (χ3n) is 3.83. The van der Waals surface area contributed by atoms with E-state index in [1.54, 1.807) is 26.0 Å². The lowest BCUT2D eigenvalue weighted by Gasteiger charge is -2.25. The van der Waals surface area contributed by atoms with Gasteiger partial charge in [-0.3, -0.25) is 19.0 Å². The number of hydrogen-bond acceptors (Lipinski definition) is 5. The van der Waals surface area contributed by atoms with E-state index in [1.165, 1.54) is 22.9 Å². The second-order valence-corrected chi connectivity index (χ2v) is 5.84. The van der Waals surface area contributed by atoms with Crippen molar-refractivity contribution in [3.8, 4) is 0 Å². The highest BCUT2D eigenvalue weighted by Gasteiger charge is 2.21. The highest BCUT2D eigenvalue weighted by atomic mass is 16.5. The maximum Gasteiger partial charge on any atom is 0.325 e. The Kier molecular flexibility index (Phi) is 5.33. The van der Waals surface area contributed by atoms with E-state index in [1.807, 2.05) is 13.0 Å². The summed E-state index contributed by atoms with van der Waals surface area (Å²) >= 11 is 0. The number of para-hydroxylation sites is 1. The molecule has 1 aromatic heterocycles. The summed E-state index contributed by atoms with van der Waals surface area (Å²) in [6.07, 6.45) is 1.37. The molecule has 24 heavy (non-hydrogen) atoms. The Hall–Kier alpha value is -2.70. The fourth-order valence-electron chi connectivity index (χ4n) is 2.45. The third kappa shape index (κ3) is 3.61. The fraction of sp³-hybridized carbons (Fsp3) is 0.412. The van der Waals surface area contributed by atoms with E-state index >= 15 is 0 Å². The number of carbonyl (C=O) groups is 2. The van der Waals surface area contributed by atoms with Gasteiger partial charge in [0.1, 0.15) is 13.1 Å². The molecule has 1 heterocycles. The van der Waals surface area contributed by atoms with Gasteiger partial charge < -0.3 is 9.64 Å². The van der Waals surface area contributed by atoms with Crippen LogP contribution in [0.5, 0.6) is 0 Å². The summed E-state index contributed by atoms with van der Waals surface area (Å²) in [6.45, 7) is 5.14. The van der Waals surface area contributed by atoms with Gasteiger partial charge in [0.25, 0.3) is 5.56 Å². The number of carbonyl (C=O) groups excluding carboxylic acids is 2. The normalized spacial score (nSPS) is 10.9. The van der Waals surface area contributed by atoms with Crippen molar-refractivity contribution >= 4 is 22.8 Å². The molecule has 128 valence electrons. The van der Waals surface area contributed by atoms with Crippen molar-refractivity contribution in [1.82, 2.24) is 14.5 Å². The topological polar surface area (TPSA) is 81.5 Å². The van der Waals surface area contributed by atoms with Crippen molar-refractivity contribution in [1.29, 1.82) is 0 Å². The molecular weight excluding hydrogens is 310 g/mol. The Morgan fingerprint density at radius 1 is 1.33 bits per heavy atom. The average Bonchev–Trinajstić information content (AvgIpc) is 2.55. The van der Waals surface area contributed by atoms with Crippen LogP contribution in [0, 0.1) is 6.92 Å². The summed E-state index contributed by atoms with van der Waals surface area (Å²) in [7, 11) is 1.27. The molecule has 0 aliphatic rings. The number of hydrogen-bond donors (Lipinski definition) is 0. The summed E-state index contributed by atoms with van der Waals surface area (Å²) in [5.74, 6) is -0.844. The molecule has 1 aromatic carbocycles. The molecule has 0 radical (unpaired) electrons. The Morgan fingerprint density at radius 3 is 2.67 bits per heavy atom. The molecule has 0 saturated carbocycles. The molecule has 0 bridgehead atoms. The van der Waals surface area contributed by atoms with Crippen LogP contribution in [0.4, 0.5) is 0 Å². The van der Waals surface area contributed by atoms with E-state index in [0.29, 0.717) is 10.9 Å². The Balaban J connectivity index is 2.31. The van der Waals surface area contributed by atoms with E-state index in [0.717, 1.165) is 5.56 Å². The van der Waals surface area contributed by atoms with E-state index in [9.17, 15) is 14.4 Å². The first-order valence-corrected chi connectivity index (χ1v) is 7.66. The van der Waals surface area contributed by atoms with E-state index < -0.39 is 5.97 Å². The highest BCUT2D eigenvalue weighted by molar-refractivity contribution is 5.83. The van der Waals surface area contributed by atoms with Crippen LogP contribution in [-0.4, -0.2) is 46.0 Å². The summed E-state index contributed by atoms with van der Waals surface area (Å²) in [6, 6.07) is 5.15. The lowest BCUT2D eigenvalue weighted by Crippen LogP contribution is -2.43. The van der Waals surface area contributed by atoms with Gasteiger partial charge in [-0.2, -0.15) is 0 Å². The molecular formula is C17H21N3O4. The summed E-state index contributed by atoms with van der Waals surface area (Å²) < 4.78 is 5.87. The number of nitrogens with zero attached hydrogens (tertiary/aromatic N) is 3. The SMILES string of the molecule is COC(=O)CN(C(=O)Cn1cnc2c(C)cccc2c1=O)C(C)C. The lowest BCUT2D eigenvalue weighted by atomic mass is 10.1. The number of aromatic nitrogens is 2. The highest BCUT2D eigenvalue weighted by Crippen LogP contribution is 2.11. The zero-order chi connectivity index (χ0) is 17.9. The van der Waals surface area contributed by atoms with Gasteiger partial charge in [0.2, 0.25) is 5.91 Å². The molecule has 0 fully saturated rings. The molecule has 1 amide bonds. The van der Waals surface area contributed by atoms with Gasteiger partial charge in [0.05, 0.1) is 24.3 Å². The number of rotatable bonds is 5. The lowest BCUT2D eigenvalue weighted by molar-refractivity contribution is -0.148. The predicted molar refractivity (Wildman–Crippen MR) is 89.6 cm³/mol. The first-order chi connectivity index (χ1) is 11.3. The quantitative estimate of drug-likeness (QED) is 0.767. The van der Waals surface area contributed by atoms with Crippen molar-refractivity contribution in [3.05, 3.63) is 40.4 Å². The Labute approximate surface area is 139 Å². The van der Waals surface area contributed by atoms with Gasteiger partial charge in [-0.15, -0.1) is 0 Å². The number of benzene rings is 1. The maximum absolute atomic E-state index is 12.5. The van der Waals surface area contributed by atoms with Crippen molar-refractivity contribution in [2.45, 2.75) is 33.4 Å². The second-order valence-electron chi connectivity index (χ2n) is 5.84. The van der Waals surface area contributed by atoms with Crippen molar-refractivity contribution in [3.63, 3.8) is 0 Å². The molecule has 2 aromatic rings. The van der Waals surface area contributed by atoms with Crippen LogP contribution in [0.1, 0.15) is 19.4 Å².